The normalized spacial score (nSPS) is 14.5. The Morgan fingerprint density at radius 2 is 1.82 bits per heavy atom. The predicted octanol–water partition coefficient (Wildman–Crippen LogP) is 2.26. The highest BCUT2D eigenvalue weighted by molar-refractivity contribution is 5.69. The Balaban J connectivity index is 4.95. The fraction of sp³-hybridized carbons (Fsp3) is 0.833. The second-order valence-corrected chi connectivity index (χ2v) is 6.32. The molecule has 0 radical (unpaired) electrons. The molecule has 22 heavy (non-hydrogen) atoms. The van der Waals surface area contributed by atoms with Crippen LogP contribution < -0.4 is 5.11 Å². The van der Waals surface area contributed by atoms with Gasteiger partial charge in [-0.15, -0.1) is 6.58 Å². The summed E-state index contributed by atoms with van der Waals surface area (Å²) in [6.45, 7) is 11.8. The molecular formula is C18H35NO3. The van der Waals surface area contributed by atoms with E-state index in [0.717, 1.165) is 51.6 Å². The number of quaternary nitrogens is 1. The van der Waals surface area contributed by atoms with E-state index in [9.17, 15) is 15.0 Å². The molecule has 1 N–H and O–H groups in total. The Hall–Kier alpha value is -0.870. The third-order valence-corrected chi connectivity index (χ3v) is 4.43. The van der Waals surface area contributed by atoms with Gasteiger partial charge in [-0.2, -0.15) is 0 Å². The number of carboxylic acid groups (broad SMARTS) is 1. The summed E-state index contributed by atoms with van der Waals surface area (Å²) in [6, 6.07) is -0.525. The van der Waals surface area contributed by atoms with Crippen molar-refractivity contribution >= 4 is 5.97 Å². The van der Waals surface area contributed by atoms with E-state index in [1.165, 1.54) is 0 Å². The van der Waals surface area contributed by atoms with Crippen molar-refractivity contribution < 1.29 is 19.5 Å². The van der Waals surface area contributed by atoms with Crippen molar-refractivity contribution in [3.8, 4) is 0 Å². The Labute approximate surface area is 136 Å². The maximum atomic E-state index is 11.6. The summed E-state index contributed by atoms with van der Waals surface area (Å²) < 4.78 is 0.453. The van der Waals surface area contributed by atoms with Crippen molar-refractivity contribution in [3.63, 3.8) is 0 Å². The van der Waals surface area contributed by atoms with Gasteiger partial charge < -0.3 is 19.5 Å². The zero-order valence-corrected chi connectivity index (χ0v) is 14.7. The van der Waals surface area contributed by atoms with Crippen LogP contribution in [0.4, 0.5) is 0 Å². The number of aliphatic hydroxyl groups is 1. The average Bonchev–Trinajstić information content (AvgIpc) is 2.44. The summed E-state index contributed by atoms with van der Waals surface area (Å²) in [5.74, 6) is -0.983. The third-order valence-electron chi connectivity index (χ3n) is 4.43. The molecule has 4 nitrogen and oxygen atoms in total. The number of carbonyl (C=O) groups is 1. The van der Waals surface area contributed by atoms with E-state index in [-0.39, 0.29) is 0 Å². The number of carbonyl (C=O) groups excluding carboxylic acids is 1. The van der Waals surface area contributed by atoms with Crippen molar-refractivity contribution in [2.45, 2.75) is 77.9 Å². The summed E-state index contributed by atoms with van der Waals surface area (Å²) in [6.07, 6.45) is 7.48. The van der Waals surface area contributed by atoms with Gasteiger partial charge in [-0.1, -0.05) is 33.3 Å². The maximum Gasteiger partial charge on any atom is 0.129 e. The monoisotopic (exact) mass is 313 g/mol. The molecule has 0 saturated carbocycles. The van der Waals surface area contributed by atoms with Crippen LogP contribution in [0.5, 0.6) is 0 Å². The molecule has 0 aromatic rings. The molecule has 2 unspecified atom stereocenters. The fourth-order valence-corrected chi connectivity index (χ4v) is 3.58. The van der Waals surface area contributed by atoms with Crippen LogP contribution in [-0.2, 0) is 4.79 Å². The van der Waals surface area contributed by atoms with Crippen LogP contribution in [0.15, 0.2) is 12.7 Å². The molecule has 0 aromatic carbocycles. The van der Waals surface area contributed by atoms with Crippen LogP contribution in [0.25, 0.3) is 0 Å². The lowest BCUT2D eigenvalue weighted by atomic mass is 10.0. The fourth-order valence-electron chi connectivity index (χ4n) is 3.58. The van der Waals surface area contributed by atoms with E-state index in [1.54, 1.807) is 0 Å². The van der Waals surface area contributed by atoms with Crippen LogP contribution in [-0.4, -0.2) is 47.3 Å². The molecule has 0 aliphatic rings. The summed E-state index contributed by atoms with van der Waals surface area (Å²) >= 11 is 0. The van der Waals surface area contributed by atoms with E-state index < -0.39 is 18.1 Å². The topological polar surface area (TPSA) is 60.4 Å². The van der Waals surface area contributed by atoms with Crippen molar-refractivity contribution in [1.82, 2.24) is 0 Å². The summed E-state index contributed by atoms with van der Waals surface area (Å²) in [5.41, 5.74) is 0. The molecule has 0 amide bonds. The first-order valence-corrected chi connectivity index (χ1v) is 8.82. The lowest BCUT2D eigenvalue weighted by molar-refractivity contribution is -0.948. The Morgan fingerprint density at radius 1 is 1.23 bits per heavy atom. The van der Waals surface area contributed by atoms with Gasteiger partial charge in [0.05, 0.1) is 19.1 Å². The standard InChI is InChI=1S/C18H35NO3/c1-5-9-10-11-12-16(20)15-19(13-6-2,14-7-3)17(8-4)18(21)22/h5,16-17,20H,1,6-15H2,2-4H3. The van der Waals surface area contributed by atoms with Crippen LogP contribution in [0.2, 0.25) is 0 Å². The second kappa shape index (κ2) is 11.7. The molecular weight excluding hydrogens is 278 g/mol. The summed E-state index contributed by atoms with van der Waals surface area (Å²) in [5, 5.41) is 22.0. The SMILES string of the molecule is C=CCCCCC(O)C[N+](CCC)(CCC)C(CC)C(=O)[O-]. The number of aliphatic carboxylic acids is 1. The van der Waals surface area contributed by atoms with Gasteiger partial charge in [0.25, 0.3) is 0 Å². The lowest BCUT2D eigenvalue weighted by Gasteiger charge is -2.46. The van der Waals surface area contributed by atoms with E-state index in [0.29, 0.717) is 17.4 Å². The van der Waals surface area contributed by atoms with Crippen molar-refractivity contribution in [2.75, 3.05) is 19.6 Å². The molecule has 2 atom stereocenters. The molecule has 0 aromatic heterocycles. The quantitative estimate of drug-likeness (QED) is 0.304. The van der Waals surface area contributed by atoms with Crippen LogP contribution in [0.1, 0.15) is 65.7 Å². The molecule has 0 heterocycles. The van der Waals surface area contributed by atoms with Gasteiger partial charge in [-0.05, 0) is 32.1 Å². The first kappa shape index (κ1) is 21.1. The van der Waals surface area contributed by atoms with Crippen molar-refractivity contribution in [1.29, 1.82) is 0 Å². The molecule has 0 aliphatic heterocycles. The van der Waals surface area contributed by atoms with Gasteiger partial charge in [0.1, 0.15) is 18.7 Å². The van der Waals surface area contributed by atoms with Gasteiger partial charge in [-0.3, -0.25) is 0 Å². The Kier molecular flexibility index (Phi) is 11.2. The van der Waals surface area contributed by atoms with E-state index in [1.807, 2.05) is 13.0 Å². The summed E-state index contributed by atoms with van der Waals surface area (Å²) in [7, 11) is 0. The Morgan fingerprint density at radius 3 is 2.23 bits per heavy atom. The molecule has 0 bridgehead atoms. The maximum absolute atomic E-state index is 11.6. The molecule has 130 valence electrons. The van der Waals surface area contributed by atoms with Crippen LogP contribution in [0, 0.1) is 0 Å². The highest BCUT2D eigenvalue weighted by Crippen LogP contribution is 2.21. The molecule has 0 aliphatic carbocycles. The number of unbranched alkanes of at least 4 members (excludes halogenated alkanes) is 2. The van der Waals surface area contributed by atoms with Gasteiger partial charge in [0.15, 0.2) is 0 Å². The predicted molar refractivity (Wildman–Crippen MR) is 89.2 cm³/mol. The van der Waals surface area contributed by atoms with Gasteiger partial charge in [0, 0.05) is 6.42 Å². The van der Waals surface area contributed by atoms with Gasteiger partial charge >= 0.3 is 0 Å². The number of nitrogens with zero attached hydrogens (tertiary/aromatic N) is 1. The molecule has 0 saturated heterocycles. The molecule has 0 fully saturated rings. The number of allylic oxidation sites excluding steroid dienone is 1. The largest absolute Gasteiger partial charge is 0.544 e. The number of aliphatic hydroxyl groups excluding tert-OH is 1. The van der Waals surface area contributed by atoms with E-state index in [4.69, 9.17) is 0 Å². The first-order valence-electron chi connectivity index (χ1n) is 8.82. The highest BCUT2D eigenvalue weighted by Gasteiger charge is 2.37. The van der Waals surface area contributed by atoms with Crippen molar-refractivity contribution in [3.05, 3.63) is 12.7 Å². The Bertz CT molecular complexity index is 311. The minimum absolute atomic E-state index is 0.448. The smallest absolute Gasteiger partial charge is 0.129 e. The lowest BCUT2D eigenvalue weighted by Crippen LogP contribution is -2.64. The first-order chi connectivity index (χ1) is 10.5. The minimum atomic E-state index is -0.983. The number of carboxylic acids is 1. The number of hydrogen-bond acceptors (Lipinski definition) is 3. The number of hydrogen-bond donors (Lipinski definition) is 1. The average molecular weight is 313 g/mol. The molecule has 4 heteroatoms. The van der Waals surface area contributed by atoms with Crippen LogP contribution in [0.3, 0.4) is 0 Å². The van der Waals surface area contributed by atoms with Crippen molar-refractivity contribution in [2.24, 2.45) is 0 Å². The zero-order valence-electron chi connectivity index (χ0n) is 14.7. The second-order valence-electron chi connectivity index (χ2n) is 6.32. The summed E-state index contributed by atoms with van der Waals surface area (Å²) in [4.78, 5) is 11.6. The molecule has 0 spiro atoms. The van der Waals surface area contributed by atoms with Gasteiger partial charge in [0.2, 0.25) is 0 Å². The van der Waals surface area contributed by atoms with E-state index >= 15 is 0 Å². The number of rotatable bonds is 14. The highest BCUT2D eigenvalue weighted by atomic mass is 16.4. The third kappa shape index (κ3) is 6.93. The van der Waals surface area contributed by atoms with E-state index in [2.05, 4.69) is 20.4 Å². The molecule has 0 rings (SSSR count). The zero-order chi connectivity index (χ0) is 17.0. The van der Waals surface area contributed by atoms with Gasteiger partial charge in [-0.25, -0.2) is 0 Å². The van der Waals surface area contributed by atoms with Crippen LogP contribution >= 0.6 is 0 Å². The minimum Gasteiger partial charge on any atom is -0.544 e.